The average molecular weight is 458 g/mol. The number of nitrogens with zero attached hydrogens (tertiary/aromatic N) is 1. The molecule has 0 aliphatic carbocycles. The molecule has 0 saturated heterocycles. The molecule has 1 heterocycles. The zero-order chi connectivity index (χ0) is 17.4. The Bertz CT molecular complexity index is 822. The van der Waals surface area contributed by atoms with Crippen LogP contribution >= 0.6 is 32.1 Å². The van der Waals surface area contributed by atoms with Crippen LogP contribution in [0.15, 0.2) is 42.5 Å². The Morgan fingerprint density at radius 1 is 1.21 bits per heavy atom. The van der Waals surface area contributed by atoms with Crippen LogP contribution < -0.4 is 0 Å². The summed E-state index contributed by atoms with van der Waals surface area (Å²) in [6, 6.07) is 12.4. The van der Waals surface area contributed by atoms with Crippen LogP contribution in [-0.2, 0) is 3.07 Å². The molecule has 0 spiro atoms. The van der Waals surface area contributed by atoms with Crippen molar-refractivity contribution in [3.63, 3.8) is 0 Å². The van der Waals surface area contributed by atoms with E-state index in [0.717, 1.165) is 9.13 Å². The first-order chi connectivity index (χ1) is 11.4. The molecule has 24 heavy (non-hydrogen) atoms. The second-order valence-electron chi connectivity index (χ2n) is 5.80. The van der Waals surface area contributed by atoms with Gasteiger partial charge in [0.15, 0.2) is 0 Å². The number of halogens is 2. The van der Waals surface area contributed by atoms with Crippen molar-refractivity contribution in [2.75, 3.05) is 0 Å². The van der Waals surface area contributed by atoms with Gasteiger partial charge >= 0.3 is 154 Å². The minimum absolute atomic E-state index is 0.0254. The summed E-state index contributed by atoms with van der Waals surface area (Å²) < 4.78 is 8.45. The molecule has 0 N–H and O–H groups in total. The van der Waals surface area contributed by atoms with E-state index in [4.69, 9.17) is 14.7 Å². The molecule has 0 unspecified atom stereocenters. The summed E-state index contributed by atoms with van der Waals surface area (Å²) in [5.74, 6) is -0.484. The van der Waals surface area contributed by atoms with E-state index in [0.29, 0.717) is 16.1 Å². The van der Waals surface area contributed by atoms with Crippen molar-refractivity contribution in [3.8, 4) is 0 Å². The molecule has 4 nitrogen and oxygen atoms in total. The molecule has 0 fully saturated rings. The summed E-state index contributed by atoms with van der Waals surface area (Å²) in [7, 11) is 0. The van der Waals surface area contributed by atoms with Crippen LogP contribution in [0.4, 0.5) is 0 Å². The Labute approximate surface area is 154 Å². The summed E-state index contributed by atoms with van der Waals surface area (Å²) in [4.78, 5) is 25.3. The van der Waals surface area contributed by atoms with Crippen molar-refractivity contribution in [1.29, 1.82) is 0 Å². The van der Waals surface area contributed by atoms with Crippen LogP contribution in [0, 0.1) is 10.5 Å². The van der Waals surface area contributed by atoms with Gasteiger partial charge in [0.05, 0.1) is 0 Å². The van der Waals surface area contributed by atoms with E-state index in [-0.39, 0.29) is 11.9 Å². The van der Waals surface area contributed by atoms with Crippen LogP contribution in [0.3, 0.4) is 0 Å². The SMILES string of the molecule is Cc1ccc2c(c1)C(=O)N(C(C)C)I2OC(=O)c1cccc(Cl)c1. The fourth-order valence-corrected chi connectivity index (χ4v) is 7.32. The van der Waals surface area contributed by atoms with Gasteiger partial charge in [0.25, 0.3) is 0 Å². The zero-order valence-electron chi connectivity index (χ0n) is 13.5. The summed E-state index contributed by atoms with van der Waals surface area (Å²) >= 11 is 3.35. The van der Waals surface area contributed by atoms with E-state index in [9.17, 15) is 9.59 Å². The van der Waals surface area contributed by atoms with Gasteiger partial charge in [0, 0.05) is 0 Å². The summed E-state index contributed by atoms with van der Waals surface area (Å²) in [6.07, 6.45) is 0. The Hall–Kier alpha value is -1.60. The van der Waals surface area contributed by atoms with E-state index in [2.05, 4.69) is 0 Å². The molecule has 126 valence electrons. The van der Waals surface area contributed by atoms with Gasteiger partial charge < -0.3 is 0 Å². The summed E-state index contributed by atoms with van der Waals surface area (Å²) in [5, 5.41) is 0.479. The van der Waals surface area contributed by atoms with E-state index >= 15 is 0 Å². The topological polar surface area (TPSA) is 46.6 Å². The monoisotopic (exact) mass is 457 g/mol. The van der Waals surface area contributed by atoms with Crippen molar-refractivity contribution < 1.29 is 12.7 Å². The molecule has 1 amide bonds. The van der Waals surface area contributed by atoms with E-state index in [1.165, 1.54) is 0 Å². The van der Waals surface area contributed by atoms with Crippen molar-refractivity contribution >= 4 is 44.0 Å². The molecular weight excluding hydrogens is 441 g/mol. The van der Waals surface area contributed by atoms with Crippen LogP contribution in [0.2, 0.25) is 5.02 Å². The fourth-order valence-electron chi connectivity index (χ4n) is 2.44. The molecule has 0 atom stereocenters. The number of hydrogen-bond acceptors (Lipinski definition) is 3. The van der Waals surface area contributed by atoms with E-state index < -0.39 is 26.5 Å². The van der Waals surface area contributed by atoms with Gasteiger partial charge in [0.1, 0.15) is 0 Å². The minimum atomic E-state index is -2.59. The van der Waals surface area contributed by atoms with E-state index in [1.54, 1.807) is 27.4 Å². The standard InChI is InChI=1S/C18H17ClINO3/c1-11(2)21-17(22)15-9-12(3)7-8-16(15)20(21)24-18(23)13-5-4-6-14(19)10-13/h4-11H,1-3H3. The predicted molar refractivity (Wildman–Crippen MR) is 102 cm³/mol. The number of fused-ring (bicyclic) bond motifs is 1. The molecular formula is C18H17ClINO3. The van der Waals surface area contributed by atoms with Crippen molar-refractivity contribution in [3.05, 3.63) is 67.7 Å². The summed E-state index contributed by atoms with van der Waals surface area (Å²) in [5.41, 5.74) is 2.08. The third-order valence-electron chi connectivity index (χ3n) is 3.54. The molecule has 2 aromatic rings. The maximum absolute atomic E-state index is 12.7. The number of carbonyl (C=O) groups is 2. The van der Waals surface area contributed by atoms with Crippen molar-refractivity contribution in [2.45, 2.75) is 26.8 Å². The van der Waals surface area contributed by atoms with Gasteiger partial charge in [-0.15, -0.1) is 0 Å². The Kier molecular flexibility index (Phi) is 4.83. The first kappa shape index (κ1) is 17.2. The molecule has 0 aromatic heterocycles. The van der Waals surface area contributed by atoms with Gasteiger partial charge in [-0.05, 0) is 0 Å². The third kappa shape index (κ3) is 3.15. The molecule has 0 saturated carbocycles. The van der Waals surface area contributed by atoms with Gasteiger partial charge in [-0.3, -0.25) is 0 Å². The summed E-state index contributed by atoms with van der Waals surface area (Å²) in [6.45, 7) is 5.82. The number of aryl methyl sites for hydroxylation is 1. The van der Waals surface area contributed by atoms with E-state index in [1.807, 2.05) is 39.0 Å². The Morgan fingerprint density at radius 3 is 2.62 bits per heavy atom. The average Bonchev–Trinajstić information content (AvgIpc) is 2.79. The first-order valence-electron chi connectivity index (χ1n) is 7.51. The molecule has 3 rings (SSSR count). The second kappa shape index (κ2) is 6.72. The number of amides is 1. The van der Waals surface area contributed by atoms with Crippen LogP contribution in [-0.4, -0.2) is 21.0 Å². The van der Waals surface area contributed by atoms with Gasteiger partial charge in [-0.2, -0.15) is 0 Å². The van der Waals surface area contributed by atoms with Gasteiger partial charge in [0.2, 0.25) is 0 Å². The number of carbonyl (C=O) groups excluding carboxylic acids is 2. The normalized spacial score (nSPS) is 15.0. The molecule has 2 aromatic carbocycles. The molecule has 0 bridgehead atoms. The van der Waals surface area contributed by atoms with Crippen LogP contribution in [0.5, 0.6) is 0 Å². The zero-order valence-corrected chi connectivity index (χ0v) is 16.5. The Balaban J connectivity index is 1.96. The predicted octanol–water partition coefficient (Wildman–Crippen LogP) is 4.88. The number of hydrogen-bond donors (Lipinski definition) is 0. The van der Waals surface area contributed by atoms with Gasteiger partial charge in [-0.25, -0.2) is 0 Å². The first-order valence-corrected chi connectivity index (χ1v) is 10.8. The molecule has 1 aliphatic rings. The maximum atomic E-state index is 12.7. The third-order valence-corrected chi connectivity index (χ3v) is 9.03. The molecule has 0 radical (unpaired) electrons. The van der Waals surface area contributed by atoms with Crippen LogP contribution in [0.1, 0.15) is 40.1 Å². The Morgan fingerprint density at radius 2 is 1.96 bits per heavy atom. The van der Waals surface area contributed by atoms with Crippen molar-refractivity contribution in [2.24, 2.45) is 0 Å². The van der Waals surface area contributed by atoms with Crippen LogP contribution in [0.25, 0.3) is 0 Å². The van der Waals surface area contributed by atoms with Gasteiger partial charge in [-0.1, -0.05) is 0 Å². The number of rotatable bonds is 3. The molecule has 6 heteroatoms. The quantitative estimate of drug-likeness (QED) is 0.488. The number of benzene rings is 2. The van der Waals surface area contributed by atoms with Crippen molar-refractivity contribution in [1.82, 2.24) is 3.11 Å². The fraction of sp³-hybridized carbons (Fsp3) is 0.222. The second-order valence-corrected chi connectivity index (χ2v) is 10.2. The molecule has 1 aliphatic heterocycles.